The van der Waals surface area contributed by atoms with E-state index in [0.29, 0.717) is 12.0 Å². The maximum absolute atomic E-state index is 5.21. The zero-order valence-corrected chi connectivity index (χ0v) is 8.74. The smallest absolute Gasteiger partial charge is 0.205 e. The molecule has 0 heterocycles. The van der Waals surface area contributed by atoms with Crippen LogP contribution in [-0.4, -0.2) is 31.1 Å². The van der Waals surface area contributed by atoms with Crippen molar-refractivity contribution in [1.29, 1.82) is 0 Å². The van der Waals surface area contributed by atoms with Crippen LogP contribution in [0.3, 0.4) is 0 Å². The highest BCUT2D eigenvalue weighted by molar-refractivity contribution is 7.98. The molecular formula is C7H18N4S. The third-order valence-electron chi connectivity index (χ3n) is 1.50. The SMILES string of the molecule is CN=C(NN)NC(C)CCSC. The van der Waals surface area contributed by atoms with Crippen LogP contribution in [0, 0.1) is 0 Å². The van der Waals surface area contributed by atoms with Crippen LogP contribution in [-0.2, 0) is 0 Å². The molecule has 12 heavy (non-hydrogen) atoms. The third kappa shape index (κ3) is 5.26. The van der Waals surface area contributed by atoms with Gasteiger partial charge in [0.15, 0.2) is 0 Å². The van der Waals surface area contributed by atoms with E-state index in [1.165, 1.54) is 0 Å². The summed E-state index contributed by atoms with van der Waals surface area (Å²) in [6, 6.07) is 0.409. The predicted octanol–water partition coefficient (Wildman–Crippen LogP) is 0.167. The Morgan fingerprint density at radius 3 is 2.75 bits per heavy atom. The number of nitrogens with zero attached hydrogens (tertiary/aromatic N) is 1. The first-order valence-corrected chi connectivity index (χ1v) is 5.32. The summed E-state index contributed by atoms with van der Waals surface area (Å²) in [6.45, 7) is 2.11. The Kier molecular flexibility index (Phi) is 6.99. The summed E-state index contributed by atoms with van der Waals surface area (Å²) in [6.07, 6.45) is 3.21. The van der Waals surface area contributed by atoms with Gasteiger partial charge in [-0.3, -0.25) is 10.4 Å². The van der Waals surface area contributed by atoms with Crippen LogP contribution in [0.25, 0.3) is 0 Å². The largest absolute Gasteiger partial charge is 0.353 e. The molecule has 0 saturated carbocycles. The molecule has 0 spiro atoms. The zero-order valence-electron chi connectivity index (χ0n) is 7.92. The summed E-state index contributed by atoms with van der Waals surface area (Å²) >= 11 is 1.84. The van der Waals surface area contributed by atoms with Gasteiger partial charge in [0.25, 0.3) is 0 Å². The van der Waals surface area contributed by atoms with Gasteiger partial charge >= 0.3 is 0 Å². The molecule has 72 valence electrons. The first-order chi connectivity index (χ1) is 5.74. The average molecular weight is 190 g/mol. The fourth-order valence-corrected chi connectivity index (χ4v) is 1.36. The van der Waals surface area contributed by atoms with Gasteiger partial charge in [0.1, 0.15) is 0 Å². The van der Waals surface area contributed by atoms with Crippen molar-refractivity contribution in [1.82, 2.24) is 10.7 Å². The molecule has 0 aromatic heterocycles. The first kappa shape index (κ1) is 11.6. The molecule has 0 aromatic carbocycles. The zero-order chi connectivity index (χ0) is 9.40. The van der Waals surface area contributed by atoms with Gasteiger partial charge in [-0.2, -0.15) is 11.8 Å². The lowest BCUT2D eigenvalue weighted by atomic mass is 10.3. The summed E-state index contributed by atoms with van der Waals surface area (Å²) in [5, 5.41) is 3.15. The van der Waals surface area contributed by atoms with Crippen LogP contribution < -0.4 is 16.6 Å². The first-order valence-electron chi connectivity index (χ1n) is 3.93. The summed E-state index contributed by atoms with van der Waals surface area (Å²) in [7, 11) is 1.70. The van der Waals surface area contributed by atoms with Gasteiger partial charge in [-0.15, -0.1) is 0 Å². The molecule has 0 aliphatic heterocycles. The predicted molar refractivity (Wildman–Crippen MR) is 56.3 cm³/mol. The number of thioether (sulfide) groups is 1. The summed E-state index contributed by atoms with van der Waals surface area (Å²) in [4.78, 5) is 3.92. The second-order valence-electron chi connectivity index (χ2n) is 2.54. The van der Waals surface area contributed by atoms with Gasteiger partial charge < -0.3 is 5.32 Å². The minimum absolute atomic E-state index is 0.409. The number of hydrogen-bond acceptors (Lipinski definition) is 3. The van der Waals surface area contributed by atoms with E-state index in [2.05, 4.69) is 28.9 Å². The Balaban J connectivity index is 3.59. The van der Waals surface area contributed by atoms with Gasteiger partial charge in [-0.05, 0) is 25.4 Å². The lowest BCUT2D eigenvalue weighted by Gasteiger charge is -2.15. The van der Waals surface area contributed by atoms with E-state index in [1.54, 1.807) is 7.05 Å². The van der Waals surface area contributed by atoms with Crippen molar-refractivity contribution in [2.24, 2.45) is 10.8 Å². The van der Waals surface area contributed by atoms with Gasteiger partial charge in [0.05, 0.1) is 0 Å². The Morgan fingerprint density at radius 1 is 1.67 bits per heavy atom. The molecule has 0 radical (unpaired) electrons. The molecule has 4 nitrogen and oxygen atoms in total. The monoisotopic (exact) mass is 190 g/mol. The number of rotatable bonds is 4. The fourth-order valence-electron chi connectivity index (χ4n) is 0.771. The molecule has 4 N–H and O–H groups in total. The van der Waals surface area contributed by atoms with Crippen molar-refractivity contribution in [3.05, 3.63) is 0 Å². The molecular weight excluding hydrogens is 172 g/mol. The van der Waals surface area contributed by atoms with Crippen molar-refractivity contribution in [2.45, 2.75) is 19.4 Å². The molecule has 0 aliphatic rings. The number of aliphatic imine (C=N–C) groups is 1. The van der Waals surface area contributed by atoms with Gasteiger partial charge in [-0.25, -0.2) is 5.84 Å². The highest BCUT2D eigenvalue weighted by Gasteiger charge is 2.02. The topological polar surface area (TPSA) is 62.4 Å². The van der Waals surface area contributed by atoms with E-state index in [4.69, 9.17) is 5.84 Å². The Labute approximate surface area is 78.4 Å². The molecule has 0 aliphatic carbocycles. The van der Waals surface area contributed by atoms with Gasteiger partial charge in [0, 0.05) is 13.1 Å². The number of nitrogens with two attached hydrogens (primary N) is 1. The lowest BCUT2D eigenvalue weighted by molar-refractivity contribution is 0.632. The van der Waals surface area contributed by atoms with Crippen molar-refractivity contribution in [3.63, 3.8) is 0 Å². The Bertz CT molecular complexity index is 137. The van der Waals surface area contributed by atoms with Crippen LogP contribution in [0.2, 0.25) is 0 Å². The van der Waals surface area contributed by atoms with Crippen molar-refractivity contribution >= 4 is 17.7 Å². The minimum Gasteiger partial charge on any atom is -0.353 e. The maximum atomic E-state index is 5.21. The van der Waals surface area contributed by atoms with Crippen LogP contribution in [0.5, 0.6) is 0 Å². The highest BCUT2D eigenvalue weighted by Crippen LogP contribution is 1.99. The van der Waals surface area contributed by atoms with Gasteiger partial charge in [-0.1, -0.05) is 0 Å². The van der Waals surface area contributed by atoms with Crippen LogP contribution in [0.4, 0.5) is 0 Å². The molecule has 0 aromatic rings. The standard InChI is InChI=1S/C7H18N4S/c1-6(4-5-12-3)10-7(9-2)11-8/h6H,4-5,8H2,1-3H3,(H2,9,10,11). The van der Waals surface area contributed by atoms with E-state index in [-0.39, 0.29) is 0 Å². The van der Waals surface area contributed by atoms with E-state index in [1.807, 2.05) is 11.8 Å². The molecule has 0 amide bonds. The van der Waals surface area contributed by atoms with Crippen molar-refractivity contribution in [3.8, 4) is 0 Å². The van der Waals surface area contributed by atoms with Crippen molar-refractivity contribution < 1.29 is 0 Å². The van der Waals surface area contributed by atoms with Crippen LogP contribution in [0.1, 0.15) is 13.3 Å². The molecule has 0 bridgehead atoms. The molecule has 1 atom stereocenters. The van der Waals surface area contributed by atoms with Gasteiger partial charge in [0.2, 0.25) is 5.96 Å². The minimum atomic E-state index is 0.409. The van der Waals surface area contributed by atoms with E-state index < -0.39 is 0 Å². The summed E-state index contributed by atoms with van der Waals surface area (Å²) in [5.74, 6) is 7.00. The number of hydrogen-bond donors (Lipinski definition) is 3. The molecule has 5 heteroatoms. The van der Waals surface area contributed by atoms with Crippen LogP contribution >= 0.6 is 11.8 Å². The summed E-state index contributed by atoms with van der Waals surface area (Å²) in [5.41, 5.74) is 2.49. The molecule has 1 unspecified atom stereocenters. The lowest BCUT2D eigenvalue weighted by Crippen LogP contribution is -2.45. The number of nitrogens with one attached hydrogen (secondary N) is 2. The maximum Gasteiger partial charge on any atom is 0.205 e. The van der Waals surface area contributed by atoms with Crippen molar-refractivity contribution in [2.75, 3.05) is 19.1 Å². The summed E-state index contributed by atoms with van der Waals surface area (Å²) < 4.78 is 0. The Hall–Kier alpha value is -0.420. The fraction of sp³-hybridized carbons (Fsp3) is 0.857. The quantitative estimate of drug-likeness (QED) is 0.256. The van der Waals surface area contributed by atoms with E-state index >= 15 is 0 Å². The second-order valence-corrected chi connectivity index (χ2v) is 3.53. The number of hydrazine groups is 1. The second kappa shape index (κ2) is 7.24. The normalized spacial score (nSPS) is 14.2. The molecule has 0 fully saturated rings. The van der Waals surface area contributed by atoms with E-state index in [9.17, 15) is 0 Å². The molecule has 0 rings (SSSR count). The van der Waals surface area contributed by atoms with E-state index in [0.717, 1.165) is 12.2 Å². The average Bonchev–Trinajstić information content (AvgIpc) is 2.10. The Morgan fingerprint density at radius 2 is 2.33 bits per heavy atom. The van der Waals surface area contributed by atoms with Crippen LogP contribution in [0.15, 0.2) is 4.99 Å². The highest BCUT2D eigenvalue weighted by atomic mass is 32.2. The number of guanidine groups is 1. The molecule has 0 saturated heterocycles. The third-order valence-corrected chi connectivity index (χ3v) is 2.14.